The van der Waals surface area contributed by atoms with Gasteiger partial charge in [-0.2, -0.15) is 0 Å². The Labute approximate surface area is 117 Å². The quantitative estimate of drug-likeness (QED) is 0.633. The maximum absolute atomic E-state index is 2.39. The number of allylic oxidation sites excluding steroid dienone is 6. The molecule has 1 aliphatic carbocycles. The van der Waals surface area contributed by atoms with E-state index >= 15 is 0 Å². The van der Waals surface area contributed by atoms with Crippen LogP contribution in [-0.4, -0.2) is 0 Å². The van der Waals surface area contributed by atoms with Gasteiger partial charge in [0.2, 0.25) is 0 Å². The van der Waals surface area contributed by atoms with Crippen LogP contribution in [0.1, 0.15) is 51.2 Å². The molecule has 0 spiro atoms. The van der Waals surface area contributed by atoms with Gasteiger partial charge < -0.3 is 0 Å². The van der Waals surface area contributed by atoms with Crippen molar-refractivity contribution in [3.8, 4) is 0 Å². The van der Waals surface area contributed by atoms with Crippen molar-refractivity contribution < 1.29 is 0 Å². The third-order valence-corrected chi connectivity index (χ3v) is 3.90. The van der Waals surface area contributed by atoms with Crippen LogP contribution in [0.3, 0.4) is 0 Å². The molecule has 1 aromatic rings. The van der Waals surface area contributed by atoms with E-state index in [4.69, 9.17) is 0 Å². The summed E-state index contributed by atoms with van der Waals surface area (Å²) in [6.07, 6.45) is 8.23. The van der Waals surface area contributed by atoms with Crippen LogP contribution in [0.25, 0.3) is 5.57 Å². The van der Waals surface area contributed by atoms with Crippen molar-refractivity contribution in [3.05, 3.63) is 64.3 Å². The van der Waals surface area contributed by atoms with Gasteiger partial charge in [0.15, 0.2) is 0 Å². The average molecular weight is 252 g/mol. The second-order valence-corrected chi connectivity index (χ2v) is 5.56. The van der Waals surface area contributed by atoms with Crippen molar-refractivity contribution in [1.29, 1.82) is 0 Å². The summed E-state index contributed by atoms with van der Waals surface area (Å²) in [5.41, 5.74) is 8.50. The maximum atomic E-state index is 2.39. The molecule has 0 aromatic heterocycles. The molecule has 0 heteroatoms. The molecule has 19 heavy (non-hydrogen) atoms. The van der Waals surface area contributed by atoms with E-state index in [1.165, 1.54) is 46.3 Å². The zero-order valence-corrected chi connectivity index (χ0v) is 12.6. The molecule has 0 nitrogen and oxygen atoms in total. The van der Waals surface area contributed by atoms with Gasteiger partial charge >= 0.3 is 0 Å². The van der Waals surface area contributed by atoms with E-state index in [1.54, 1.807) is 0 Å². The van der Waals surface area contributed by atoms with E-state index in [0.717, 1.165) is 6.42 Å². The molecule has 0 bridgehead atoms. The molecule has 0 amide bonds. The molecule has 2 rings (SSSR count). The molecule has 0 aliphatic heterocycles. The molecular formula is C19H24. The Morgan fingerprint density at radius 2 is 1.84 bits per heavy atom. The van der Waals surface area contributed by atoms with E-state index in [2.05, 4.69) is 64.1 Å². The summed E-state index contributed by atoms with van der Waals surface area (Å²) in [4.78, 5) is 0. The predicted molar refractivity (Wildman–Crippen MR) is 85.1 cm³/mol. The summed E-state index contributed by atoms with van der Waals surface area (Å²) >= 11 is 0. The molecule has 0 fully saturated rings. The second-order valence-electron chi connectivity index (χ2n) is 5.56. The van der Waals surface area contributed by atoms with Crippen molar-refractivity contribution in [2.75, 3.05) is 0 Å². The first-order valence-corrected chi connectivity index (χ1v) is 7.26. The SMILES string of the molecule is CC/C(C)=C/C1=CCCC(C)=C1c1ccc(C)cc1. The smallest absolute Gasteiger partial charge is 0.0125 e. The first-order chi connectivity index (χ1) is 9.11. The van der Waals surface area contributed by atoms with E-state index in [-0.39, 0.29) is 0 Å². The zero-order valence-electron chi connectivity index (χ0n) is 12.6. The monoisotopic (exact) mass is 252 g/mol. The van der Waals surface area contributed by atoms with E-state index < -0.39 is 0 Å². The number of aryl methyl sites for hydroxylation is 1. The Morgan fingerprint density at radius 1 is 1.16 bits per heavy atom. The Bertz CT molecular complexity index is 536. The van der Waals surface area contributed by atoms with Crippen LogP contribution in [0.2, 0.25) is 0 Å². The lowest BCUT2D eigenvalue weighted by atomic mass is 9.86. The summed E-state index contributed by atoms with van der Waals surface area (Å²) in [5.74, 6) is 0. The van der Waals surface area contributed by atoms with Crippen LogP contribution < -0.4 is 0 Å². The van der Waals surface area contributed by atoms with Crippen LogP contribution in [0, 0.1) is 6.92 Å². The lowest BCUT2D eigenvalue weighted by Crippen LogP contribution is -1.98. The molecule has 0 atom stereocenters. The highest BCUT2D eigenvalue weighted by Crippen LogP contribution is 2.34. The van der Waals surface area contributed by atoms with Gasteiger partial charge in [0.25, 0.3) is 0 Å². The lowest BCUT2D eigenvalue weighted by Gasteiger charge is -2.19. The molecule has 0 radical (unpaired) electrons. The van der Waals surface area contributed by atoms with Crippen LogP contribution in [0.5, 0.6) is 0 Å². The van der Waals surface area contributed by atoms with Crippen molar-refractivity contribution in [1.82, 2.24) is 0 Å². The van der Waals surface area contributed by atoms with Crippen molar-refractivity contribution in [2.24, 2.45) is 0 Å². The Hall–Kier alpha value is -1.56. The first-order valence-electron chi connectivity index (χ1n) is 7.26. The van der Waals surface area contributed by atoms with Crippen LogP contribution in [-0.2, 0) is 0 Å². The normalized spacial score (nSPS) is 16.6. The number of hydrogen-bond donors (Lipinski definition) is 0. The van der Waals surface area contributed by atoms with Gasteiger partial charge in [-0.3, -0.25) is 0 Å². The third kappa shape index (κ3) is 3.26. The summed E-state index contributed by atoms with van der Waals surface area (Å²) in [6.45, 7) is 8.86. The number of rotatable bonds is 3. The molecule has 0 heterocycles. The van der Waals surface area contributed by atoms with E-state index in [9.17, 15) is 0 Å². The summed E-state index contributed by atoms with van der Waals surface area (Å²) in [6, 6.07) is 8.92. The van der Waals surface area contributed by atoms with Gasteiger partial charge in [-0.1, -0.05) is 60.1 Å². The first kappa shape index (κ1) is 13.9. The molecule has 1 aliphatic rings. The Kier molecular flexibility index (Phi) is 4.42. The zero-order chi connectivity index (χ0) is 13.8. The van der Waals surface area contributed by atoms with Crippen LogP contribution in [0.15, 0.2) is 53.1 Å². The molecular weight excluding hydrogens is 228 g/mol. The molecule has 0 saturated carbocycles. The summed E-state index contributed by atoms with van der Waals surface area (Å²) in [5, 5.41) is 0. The van der Waals surface area contributed by atoms with Gasteiger partial charge in [0.05, 0.1) is 0 Å². The highest BCUT2D eigenvalue weighted by Gasteiger charge is 2.13. The minimum absolute atomic E-state index is 1.12. The fourth-order valence-corrected chi connectivity index (χ4v) is 2.55. The Balaban J connectivity index is 2.44. The van der Waals surface area contributed by atoms with Crippen LogP contribution >= 0.6 is 0 Å². The third-order valence-electron chi connectivity index (χ3n) is 3.90. The molecule has 1 aromatic carbocycles. The van der Waals surface area contributed by atoms with Gasteiger partial charge in [-0.15, -0.1) is 0 Å². The van der Waals surface area contributed by atoms with Gasteiger partial charge in [0.1, 0.15) is 0 Å². The van der Waals surface area contributed by atoms with E-state index in [0.29, 0.717) is 0 Å². The van der Waals surface area contributed by atoms with Crippen molar-refractivity contribution in [2.45, 2.75) is 47.0 Å². The standard InChI is InChI=1S/C19H24/c1-5-14(2)13-18-8-6-7-16(4)19(18)17-11-9-15(3)10-12-17/h8-13H,5-7H2,1-4H3/b14-13+. The second kappa shape index (κ2) is 6.06. The molecule has 100 valence electrons. The average Bonchev–Trinajstić information content (AvgIpc) is 2.40. The highest BCUT2D eigenvalue weighted by molar-refractivity contribution is 5.84. The minimum atomic E-state index is 1.12. The lowest BCUT2D eigenvalue weighted by molar-refractivity contribution is 0.956. The molecule has 0 unspecified atom stereocenters. The van der Waals surface area contributed by atoms with Gasteiger partial charge in [-0.05, 0) is 56.7 Å². The maximum Gasteiger partial charge on any atom is -0.0125 e. The van der Waals surface area contributed by atoms with E-state index in [1.807, 2.05) is 0 Å². The van der Waals surface area contributed by atoms with Gasteiger partial charge in [0, 0.05) is 0 Å². The molecule has 0 N–H and O–H groups in total. The summed E-state index contributed by atoms with van der Waals surface area (Å²) < 4.78 is 0. The van der Waals surface area contributed by atoms with Gasteiger partial charge in [-0.25, -0.2) is 0 Å². The topological polar surface area (TPSA) is 0 Å². The Morgan fingerprint density at radius 3 is 2.47 bits per heavy atom. The number of hydrogen-bond acceptors (Lipinski definition) is 0. The van der Waals surface area contributed by atoms with Crippen molar-refractivity contribution >= 4 is 5.57 Å². The summed E-state index contributed by atoms with van der Waals surface area (Å²) in [7, 11) is 0. The fraction of sp³-hybridized carbons (Fsp3) is 0.368. The van der Waals surface area contributed by atoms with Crippen molar-refractivity contribution in [3.63, 3.8) is 0 Å². The minimum Gasteiger partial charge on any atom is -0.0763 e. The van der Waals surface area contributed by atoms with Crippen LogP contribution in [0.4, 0.5) is 0 Å². The largest absolute Gasteiger partial charge is 0.0763 e. The predicted octanol–water partition coefficient (Wildman–Crippen LogP) is 5.85. The fourth-order valence-electron chi connectivity index (χ4n) is 2.55. The molecule has 0 saturated heterocycles. The highest BCUT2D eigenvalue weighted by atomic mass is 14.2. The number of benzene rings is 1.